The van der Waals surface area contributed by atoms with Crippen LogP contribution >= 0.6 is 11.3 Å². The molecule has 3 saturated heterocycles. The third kappa shape index (κ3) is 9.01. The number of para-hydroxylation sites is 2. The molecule has 2 unspecified atom stereocenters. The number of likely N-dealkylation sites (tertiary alicyclic amines) is 1. The number of hydrogen-bond donors (Lipinski definition) is 3. The summed E-state index contributed by atoms with van der Waals surface area (Å²) < 4.78 is 9.05. The van der Waals surface area contributed by atoms with Crippen LogP contribution in [0.15, 0.2) is 97.1 Å². The van der Waals surface area contributed by atoms with Gasteiger partial charge in [-0.15, -0.1) is 0 Å². The number of aromatic carboxylic acids is 1. The Hall–Kier alpha value is -7.17. The average Bonchev–Trinajstić information content (AvgIpc) is 4.10. The maximum absolute atomic E-state index is 13.6. The van der Waals surface area contributed by atoms with Gasteiger partial charge in [-0.1, -0.05) is 59.9 Å². The molecule has 16 heteroatoms. The van der Waals surface area contributed by atoms with Crippen molar-refractivity contribution in [3.8, 4) is 5.75 Å². The highest BCUT2D eigenvalue weighted by atomic mass is 32.1. The first-order chi connectivity index (χ1) is 33.6. The molecule has 4 aliphatic rings. The fourth-order valence-corrected chi connectivity index (χ4v) is 11.7. The molecule has 0 saturated carbocycles. The number of amides is 3. The minimum atomic E-state index is -1.12. The fraction of sp³-hybridized carbons (Fsp3) is 0.340. The van der Waals surface area contributed by atoms with Gasteiger partial charge in [0.2, 0.25) is 11.8 Å². The third-order valence-electron chi connectivity index (χ3n) is 14.4. The van der Waals surface area contributed by atoms with Crippen LogP contribution in [0, 0.1) is 5.92 Å². The molecule has 3 N–H and O–H groups in total. The number of nitrogens with one attached hydrogen (secondary N) is 2. The molecule has 15 nitrogen and oxygen atoms in total. The van der Waals surface area contributed by atoms with Gasteiger partial charge in [-0.2, -0.15) is 5.10 Å². The fourth-order valence-electron chi connectivity index (χ4n) is 10.9. The number of carbonyl (C=O) groups excluding carboxylic acids is 3. The number of thiazole rings is 1. The van der Waals surface area contributed by atoms with Crippen molar-refractivity contribution in [3.63, 3.8) is 0 Å². The molecular weight excluding hydrogens is 891 g/mol. The number of imide groups is 1. The van der Waals surface area contributed by atoms with E-state index in [0.717, 1.165) is 95.6 Å². The Labute approximate surface area is 403 Å². The molecule has 0 spiro atoms. The molecule has 2 atom stereocenters. The number of rotatable bonds is 12. The molecule has 4 aliphatic heterocycles. The second kappa shape index (κ2) is 18.7. The molecule has 11 rings (SSSR count). The molecule has 3 aromatic heterocycles. The number of ether oxygens (including phenoxy) is 1. The van der Waals surface area contributed by atoms with Crippen molar-refractivity contribution in [3.05, 3.63) is 136 Å². The number of benzene rings is 4. The maximum atomic E-state index is 13.6. The summed E-state index contributed by atoms with van der Waals surface area (Å²) in [4.78, 5) is 67.0. The van der Waals surface area contributed by atoms with Crippen LogP contribution < -0.4 is 25.2 Å². The van der Waals surface area contributed by atoms with Gasteiger partial charge in [-0.3, -0.25) is 29.7 Å². The summed E-state index contributed by atoms with van der Waals surface area (Å²) in [5.41, 5.74) is 8.01. The summed E-state index contributed by atoms with van der Waals surface area (Å²) in [5, 5.41) is 22.1. The van der Waals surface area contributed by atoms with Crippen LogP contribution in [-0.4, -0.2) is 92.7 Å². The number of carboxylic acids is 1. The summed E-state index contributed by atoms with van der Waals surface area (Å²) in [5.74, 6) is -0.0540. The Bertz CT molecular complexity index is 3090. The van der Waals surface area contributed by atoms with E-state index < -0.39 is 11.9 Å². The van der Waals surface area contributed by atoms with Crippen molar-refractivity contribution in [2.75, 3.05) is 54.4 Å². The van der Waals surface area contributed by atoms with Crippen molar-refractivity contribution in [2.24, 2.45) is 13.0 Å². The lowest BCUT2D eigenvalue weighted by molar-refractivity contribution is -0.134. The second-order valence-corrected chi connectivity index (χ2v) is 19.8. The summed E-state index contributed by atoms with van der Waals surface area (Å²) in [6.07, 6.45) is 4.77. The Morgan fingerprint density at radius 3 is 2.49 bits per heavy atom. The van der Waals surface area contributed by atoms with E-state index >= 15 is 0 Å². The Morgan fingerprint density at radius 2 is 1.68 bits per heavy atom. The predicted molar refractivity (Wildman–Crippen MR) is 265 cm³/mol. The third-order valence-corrected chi connectivity index (χ3v) is 15.4. The molecule has 69 heavy (non-hydrogen) atoms. The SMILES string of the molecule is Cn1nc(C2CCC(=O)NC2=O)c2cccc(N3CCC(CN4CCC(c5ccc(OCc6ccc(N7CCc8cccc(C(=O)Nc9nc%10ccccc%10s9)c8C7)nc6C(=O)O)cc5)CC4)C3)c21. The van der Waals surface area contributed by atoms with Gasteiger partial charge in [0.1, 0.15) is 18.2 Å². The number of aryl methyl sites for hydroxylation is 1. The Balaban J connectivity index is 0.673. The van der Waals surface area contributed by atoms with Gasteiger partial charge in [-0.05, 0) is 122 Å². The Morgan fingerprint density at radius 1 is 0.855 bits per heavy atom. The van der Waals surface area contributed by atoms with E-state index in [4.69, 9.17) is 9.84 Å². The highest BCUT2D eigenvalue weighted by Gasteiger charge is 2.34. The van der Waals surface area contributed by atoms with E-state index in [1.165, 1.54) is 16.9 Å². The van der Waals surface area contributed by atoms with E-state index in [0.29, 0.717) is 72.0 Å². The van der Waals surface area contributed by atoms with E-state index in [-0.39, 0.29) is 30.0 Å². The summed E-state index contributed by atoms with van der Waals surface area (Å²) >= 11 is 1.43. The summed E-state index contributed by atoms with van der Waals surface area (Å²) in [6.45, 7) is 6.18. The number of nitrogens with zero attached hydrogens (tertiary/aromatic N) is 7. The van der Waals surface area contributed by atoms with Crippen molar-refractivity contribution in [1.29, 1.82) is 0 Å². The van der Waals surface area contributed by atoms with Crippen LogP contribution in [0.4, 0.5) is 16.6 Å². The average molecular weight is 944 g/mol. The first-order valence-electron chi connectivity index (χ1n) is 23.9. The van der Waals surface area contributed by atoms with E-state index in [9.17, 15) is 24.3 Å². The van der Waals surface area contributed by atoms with Crippen LogP contribution in [0.25, 0.3) is 21.1 Å². The van der Waals surface area contributed by atoms with Gasteiger partial charge in [0, 0.05) is 62.7 Å². The van der Waals surface area contributed by atoms with Gasteiger partial charge in [0.05, 0.1) is 33.0 Å². The van der Waals surface area contributed by atoms with Crippen molar-refractivity contribution >= 4 is 72.8 Å². The number of fused-ring (bicyclic) bond motifs is 3. The van der Waals surface area contributed by atoms with Gasteiger partial charge in [-0.25, -0.2) is 14.8 Å². The standard InChI is InChI=1S/C53H53N9O6S/c1-59-49-39(48(58-59)40-17-19-46(63)56-51(40)65)8-5-10-43(49)61-26-20-32(29-61)28-60-24-21-34(22-25-60)33-12-15-37(16-13-33)68-31-36-14-18-45(55-47(36)52(66)67)62-27-23-35-6-4-7-38(41(35)30-62)50(64)57-53-54-42-9-2-3-11-44(42)69-53/h2-16,18,32,34,40H,17,19-31H2,1H3,(H,66,67)(H,54,57,64)(H,56,63,65). The minimum Gasteiger partial charge on any atom is -0.489 e. The number of piperidine rings is 2. The molecule has 3 fully saturated rings. The number of anilines is 3. The smallest absolute Gasteiger partial charge is 0.354 e. The zero-order valence-electron chi connectivity index (χ0n) is 38.4. The monoisotopic (exact) mass is 943 g/mol. The van der Waals surface area contributed by atoms with Gasteiger partial charge in [0.15, 0.2) is 10.8 Å². The predicted octanol–water partition coefficient (Wildman–Crippen LogP) is 7.90. The first-order valence-corrected chi connectivity index (χ1v) is 24.7. The van der Waals surface area contributed by atoms with Gasteiger partial charge >= 0.3 is 5.97 Å². The number of carboxylic acid groups (broad SMARTS) is 1. The summed E-state index contributed by atoms with van der Waals surface area (Å²) in [7, 11) is 1.94. The quantitative estimate of drug-likeness (QED) is 0.101. The molecule has 7 heterocycles. The van der Waals surface area contributed by atoms with Crippen molar-refractivity contribution in [1.82, 2.24) is 30.0 Å². The van der Waals surface area contributed by atoms with Crippen molar-refractivity contribution in [2.45, 2.75) is 63.5 Å². The topological polar surface area (TPSA) is 175 Å². The van der Waals surface area contributed by atoms with E-state index in [1.54, 1.807) is 6.07 Å². The van der Waals surface area contributed by atoms with E-state index in [1.807, 2.05) is 83.4 Å². The zero-order chi connectivity index (χ0) is 47.2. The van der Waals surface area contributed by atoms with Gasteiger partial charge < -0.3 is 24.5 Å². The van der Waals surface area contributed by atoms with Crippen LogP contribution in [0.1, 0.15) is 92.7 Å². The second-order valence-electron chi connectivity index (χ2n) is 18.8. The van der Waals surface area contributed by atoms with Gasteiger partial charge in [0.25, 0.3) is 5.91 Å². The lowest BCUT2D eigenvalue weighted by Gasteiger charge is -2.34. The maximum Gasteiger partial charge on any atom is 0.354 e. The zero-order valence-corrected chi connectivity index (χ0v) is 39.2. The van der Waals surface area contributed by atoms with Crippen LogP contribution in [-0.2, 0) is 36.2 Å². The lowest BCUT2D eigenvalue weighted by atomic mass is 9.89. The molecule has 0 aliphatic carbocycles. The molecular formula is C53H53N9O6S. The number of aromatic nitrogens is 4. The number of hydrogen-bond acceptors (Lipinski definition) is 12. The number of carbonyl (C=O) groups is 4. The van der Waals surface area contributed by atoms with E-state index in [2.05, 4.69) is 54.7 Å². The first kappa shape index (κ1) is 44.3. The largest absolute Gasteiger partial charge is 0.489 e. The molecule has 0 bridgehead atoms. The van der Waals surface area contributed by atoms with Crippen LogP contribution in [0.2, 0.25) is 0 Å². The number of pyridine rings is 1. The van der Waals surface area contributed by atoms with Crippen LogP contribution in [0.3, 0.4) is 0 Å². The van der Waals surface area contributed by atoms with Crippen LogP contribution in [0.5, 0.6) is 5.75 Å². The highest BCUT2D eigenvalue weighted by Crippen LogP contribution is 2.38. The highest BCUT2D eigenvalue weighted by molar-refractivity contribution is 7.22. The minimum absolute atomic E-state index is 0.0553. The van der Waals surface area contributed by atoms with Crippen molar-refractivity contribution < 1.29 is 29.0 Å². The molecule has 3 amide bonds. The normalized spacial score (nSPS) is 19.0. The molecule has 4 aromatic carbocycles. The summed E-state index contributed by atoms with van der Waals surface area (Å²) in [6, 6.07) is 31.6. The lowest BCUT2D eigenvalue weighted by Crippen LogP contribution is -2.39. The molecule has 0 radical (unpaired) electrons. The Kier molecular flexibility index (Phi) is 12.0. The molecule has 352 valence electrons. The molecule has 7 aromatic rings.